The highest BCUT2D eigenvalue weighted by Crippen LogP contribution is 2.26. The third kappa shape index (κ3) is 5.12. The van der Waals surface area contributed by atoms with Gasteiger partial charge in [-0.1, -0.05) is 6.07 Å². The van der Waals surface area contributed by atoms with Gasteiger partial charge >= 0.3 is 6.18 Å². The summed E-state index contributed by atoms with van der Waals surface area (Å²) in [5, 5.41) is 18.8. The molecule has 3 heterocycles. The minimum absolute atomic E-state index is 0.128. The predicted molar refractivity (Wildman–Crippen MR) is 116 cm³/mol. The number of alkyl halides is 3. The van der Waals surface area contributed by atoms with Crippen LogP contribution in [-0.4, -0.2) is 33.5 Å². The molecular formula is C22H16F3N5O2S. The summed E-state index contributed by atoms with van der Waals surface area (Å²) >= 11 is 1.59. The third-order valence-electron chi connectivity index (χ3n) is 4.62. The quantitative estimate of drug-likeness (QED) is 0.431. The second-order valence-electron chi connectivity index (χ2n) is 7.11. The van der Waals surface area contributed by atoms with Gasteiger partial charge in [0, 0.05) is 16.3 Å². The lowest BCUT2D eigenvalue weighted by Gasteiger charge is -2.12. The van der Waals surface area contributed by atoms with Gasteiger partial charge in [0.25, 0.3) is 5.91 Å². The van der Waals surface area contributed by atoms with Gasteiger partial charge < -0.3 is 10.1 Å². The number of anilines is 1. The Morgan fingerprint density at radius 1 is 1.30 bits per heavy atom. The van der Waals surface area contributed by atoms with Crippen LogP contribution in [0.15, 0.2) is 48.0 Å². The highest BCUT2D eigenvalue weighted by molar-refractivity contribution is 7.09. The van der Waals surface area contributed by atoms with Crippen molar-refractivity contribution in [2.45, 2.75) is 19.6 Å². The Bertz CT molecular complexity index is 1360. The minimum atomic E-state index is -4.53. The summed E-state index contributed by atoms with van der Waals surface area (Å²) in [5.41, 5.74) is 1.63. The number of aryl methyl sites for hydroxylation is 1. The molecule has 4 rings (SSSR count). The molecule has 0 bridgehead atoms. The summed E-state index contributed by atoms with van der Waals surface area (Å²) in [5.74, 6) is -0.682. The van der Waals surface area contributed by atoms with Crippen molar-refractivity contribution in [1.29, 1.82) is 5.26 Å². The first kappa shape index (κ1) is 22.3. The molecule has 0 aliphatic heterocycles. The molecule has 4 aromatic rings. The topological polar surface area (TPSA) is 92.8 Å². The first-order chi connectivity index (χ1) is 15.7. The largest absolute Gasteiger partial charge is 0.483 e. The minimum Gasteiger partial charge on any atom is -0.483 e. The van der Waals surface area contributed by atoms with Crippen molar-refractivity contribution >= 4 is 34.0 Å². The van der Waals surface area contributed by atoms with Gasteiger partial charge in [0.1, 0.15) is 11.8 Å². The van der Waals surface area contributed by atoms with Gasteiger partial charge in [0.05, 0.1) is 29.3 Å². The van der Waals surface area contributed by atoms with E-state index < -0.39 is 18.7 Å². The molecule has 0 saturated heterocycles. The Morgan fingerprint density at radius 2 is 2.12 bits per heavy atom. The number of pyridine rings is 1. The molecule has 3 aromatic heterocycles. The van der Waals surface area contributed by atoms with E-state index in [0.29, 0.717) is 28.8 Å². The molecule has 0 aliphatic rings. The summed E-state index contributed by atoms with van der Waals surface area (Å²) in [6.45, 7) is 0.764. The Hall–Kier alpha value is -3.91. The normalized spacial score (nSPS) is 11.4. The third-order valence-corrected chi connectivity index (χ3v) is 5.48. The lowest BCUT2D eigenvalue weighted by atomic mass is 10.1. The van der Waals surface area contributed by atoms with E-state index in [1.54, 1.807) is 41.3 Å². The average Bonchev–Trinajstić information content (AvgIpc) is 3.42. The van der Waals surface area contributed by atoms with Gasteiger partial charge in [-0.05, 0) is 42.6 Å². The molecule has 1 N–H and O–H groups in total. The second kappa shape index (κ2) is 8.91. The number of fused-ring (bicyclic) bond motifs is 1. The van der Waals surface area contributed by atoms with E-state index in [-0.39, 0.29) is 17.0 Å². The van der Waals surface area contributed by atoms with Crippen LogP contribution >= 0.6 is 11.3 Å². The van der Waals surface area contributed by atoms with Crippen molar-refractivity contribution in [3.8, 4) is 11.8 Å². The monoisotopic (exact) mass is 471 g/mol. The van der Waals surface area contributed by atoms with Crippen LogP contribution in [0.1, 0.15) is 26.5 Å². The van der Waals surface area contributed by atoms with Crippen molar-refractivity contribution in [3.05, 3.63) is 69.7 Å². The van der Waals surface area contributed by atoms with E-state index in [9.17, 15) is 23.2 Å². The first-order valence-electron chi connectivity index (χ1n) is 9.64. The van der Waals surface area contributed by atoms with Crippen LogP contribution in [-0.2, 0) is 6.54 Å². The van der Waals surface area contributed by atoms with E-state index >= 15 is 0 Å². The average molecular weight is 471 g/mol. The van der Waals surface area contributed by atoms with Gasteiger partial charge in [0.15, 0.2) is 12.3 Å². The van der Waals surface area contributed by atoms with Gasteiger partial charge in [-0.15, -0.1) is 11.3 Å². The Labute approximate surface area is 190 Å². The molecule has 0 spiro atoms. The molecule has 1 amide bonds. The molecule has 33 heavy (non-hydrogen) atoms. The smallest absolute Gasteiger partial charge is 0.422 e. The number of carbonyl (C=O) groups excluding carboxylic acids is 1. The summed E-state index contributed by atoms with van der Waals surface area (Å²) in [7, 11) is 0. The predicted octanol–water partition coefficient (Wildman–Crippen LogP) is 4.91. The molecule has 0 aliphatic carbocycles. The Morgan fingerprint density at radius 3 is 2.82 bits per heavy atom. The maximum atomic E-state index is 13.0. The van der Waals surface area contributed by atoms with E-state index in [0.717, 1.165) is 4.88 Å². The lowest BCUT2D eigenvalue weighted by molar-refractivity contribution is -0.153. The molecule has 1 aromatic carbocycles. The SMILES string of the molecule is Cc1cc(C(=O)Nc2ccc(OCC(F)(F)F)c(C#N)c2)c2cnn(Cc3cccs3)c2n1. The number of hydrogen-bond acceptors (Lipinski definition) is 6. The molecule has 0 fully saturated rings. The number of amides is 1. The van der Waals surface area contributed by atoms with E-state index in [2.05, 4.69) is 20.1 Å². The van der Waals surface area contributed by atoms with Gasteiger partial charge in [-0.25, -0.2) is 9.67 Å². The molecule has 0 saturated carbocycles. The Kier molecular flexibility index (Phi) is 6.02. The summed E-state index contributed by atoms with van der Waals surface area (Å²) in [6.07, 6.45) is -2.96. The number of ether oxygens (including phenoxy) is 1. The van der Waals surface area contributed by atoms with Crippen molar-refractivity contribution < 1.29 is 22.7 Å². The van der Waals surface area contributed by atoms with E-state index in [1.165, 1.54) is 18.2 Å². The number of nitriles is 1. The zero-order valence-corrected chi connectivity index (χ0v) is 18.0. The fourth-order valence-electron chi connectivity index (χ4n) is 3.21. The Balaban J connectivity index is 1.59. The maximum absolute atomic E-state index is 13.0. The van der Waals surface area contributed by atoms with Crippen LogP contribution in [0.25, 0.3) is 11.0 Å². The van der Waals surface area contributed by atoms with Gasteiger partial charge in [-0.3, -0.25) is 4.79 Å². The van der Waals surface area contributed by atoms with Crippen LogP contribution in [0.3, 0.4) is 0 Å². The maximum Gasteiger partial charge on any atom is 0.422 e. The number of rotatable bonds is 6. The van der Waals surface area contributed by atoms with Crippen LogP contribution in [0.5, 0.6) is 5.75 Å². The fraction of sp³-hybridized carbons (Fsp3) is 0.182. The highest BCUT2D eigenvalue weighted by atomic mass is 32.1. The number of hydrogen-bond donors (Lipinski definition) is 1. The molecule has 168 valence electrons. The van der Waals surface area contributed by atoms with Gasteiger partial charge in [0.2, 0.25) is 0 Å². The number of thiophene rings is 1. The van der Waals surface area contributed by atoms with Crippen molar-refractivity contribution in [2.75, 3.05) is 11.9 Å². The van der Waals surface area contributed by atoms with E-state index in [4.69, 9.17) is 0 Å². The lowest BCUT2D eigenvalue weighted by Crippen LogP contribution is -2.19. The molecule has 11 heteroatoms. The van der Waals surface area contributed by atoms with Crippen LogP contribution < -0.4 is 10.1 Å². The zero-order chi connectivity index (χ0) is 23.6. The standard InChI is InChI=1S/C22H16F3N5O2S/c1-13-7-17(18-10-27-30(20(18)28-13)11-16-3-2-6-33-16)21(31)29-15-4-5-19(14(8-15)9-26)32-12-22(23,24)25/h2-8,10H,11-12H2,1H3,(H,29,31). The highest BCUT2D eigenvalue weighted by Gasteiger charge is 2.29. The number of carbonyl (C=O) groups is 1. The van der Waals surface area contributed by atoms with Crippen LogP contribution in [0.4, 0.5) is 18.9 Å². The zero-order valence-electron chi connectivity index (χ0n) is 17.2. The summed E-state index contributed by atoms with van der Waals surface area (Å²) in [6, 6.07) is 11.2. The number of nitrogens with zero attached hydrogens (tertiary/aromatic N) is 4. The summed E-state index contributed by atoms with van der Waals surface area (Å²) < 4.78 is 43.6. The molecule has 0 radical (unpaired) electrons. The second-order valence-corrected chi connectivity index (χ2v) is 8.14. The number of benzene rings is 1. The van der Waals surface area contributed by atoms with E-state index in [1.807, 2.05) is 17.5 Å². The van der Waals surface area contributed by atoms with Crippen molar-refractivity contribution in [1.82, 2.24) is 14.8 Å². The first-order valence-corrected chi connectivity index (χ1v) is 10.5. The van der Waals surface area contributed by atoms with Crippen LogP contribution in [0.2, 0.25) is 0 Å². The molecular weight excluding hydrogens is 455 g/mol. The van der Waals surface area contributed by atoms with Gasteiger partial charge in [-0.2, -0.15) is 23.5 Å². The summed E-state index contributed by atoms with van der Waals surface area (Å²) in [4.78, 5) is 18.6. The van der Waals surface area contributed by atoms with Crippen molar-refractivity contribution in [3.63, 3.8) is 0 Å². The molecule has 0 atom stereocenters. The van der Waals surface area contributed by atoms with Crippen LogP contribution in [0, 0.1) is 18.3 Å². The molecule has 0 unspecified atom stereocenters. The number of aromatic nitrogens is 3. The van der Waals surface area contributed by atoms with Crippen molar-refractivity contribution in [2.24, 2.45) is 0 Å². The molecule has 7 nitrogen and oxygen atoms in total. The number of nitrogens with one attached hydrogen (secondary N) is 1. The fourth-order valence-corrected chi connectivity index (χ4v) is 3.89. The number of halogens is 3.